The van der Waals surface area contributed by atoms with Crippen molar-refractivity contribution < 1.29 is 0 Å². The number of rotatable bonds is 1. The van der Waals surface area contributed by atoms with E-state index in [0.29, 0.717) is 6.04 Å². The van der Waals surface area contributed by atoms with Crippen molar-refractivity contribution in [3.05, 3.63) is 29.8 Å². The number of benzene rings is 1. The van der Waals surface area contributed by atoms with Gasteiger partial charge in [0, 0.05) is 24.8 Å². The summed E-state index contributed by atoms with van der Waals surface area (Å²) in [6, 6.07) is 9.21. The minimum Gasteiger partial charge on any atom is -0.371 e. The summed E-state index contributed by atoms with van der Waals surface area (Å²) in [6.45, 7) is 4.62. The predicted octanol–water partition coefficient (Wildman–Crippen LogP) is 2.56. The summed E-state index contributed by atoms with van der Waals surface area (Å²) < 4.78 is 0. The van der Waals surface area contributed by atoms with Crippen LogP contribution in [0.3, 0.4) is 0 Å². The molecule has 2 heteroatoms. The fourth-order valence-corrected chi connectivity index (χ4v) is 3.73. The van der Waals surface area contributed by atoms with Gasteiger partial charge in [-0.2, -0.15) is 0 Å². The molecule has 2 atom stereocenters. The third-order valence-electron chi connectivity index (χ3n) is 4.35. The molecule has 1 saturated heterocycles. The van der Waals surface area contributed by atoms with Gasteiger partial charge in [0.05, 0.1) is 0 Å². The van der Waals surface area contributed by atoms with Crippen LogP contribution in [0.5, 0.6) is 0 Å². The molecule has 2 aliphatic rings. The number of aryl methyl sites for hydroxylation is 1. The first-order chi connectivity index (χ1) is 8.22. The molecule has 2 fully saturated rings. The van der Waals surface area contributed by atoms with Crippen LogP contribution in [0, 0.1) is 18.8 Å². The molecule has 2 N–H and O–H groups in total. The fourth-order valence-electron chi connectivity index (χ4n) is 3.73. The molecule has 1 saturated carbocycles. The molecule has 1 aromatic carbocycles. The molecule has 1 heterocycles. The smallest absolute Gasteiger partial charge is 0.0396 e. The highest BCUT2D eigenvalue weighted by atomic mass is 15.1. The number of anilines is 1. The zero-order chi connectivity index (χ0) is 11.8. The second-order valence-corrected chi connectivity index (χ2v) is 5.89. The van der Waals surface area contributed by atoms with Gasteiger partial charge < -0.3 is 10.6 Å². The van der Waals surface area contributed by atoms with E-state index in [1.54, 1.807) is 0 Å². The summed E-state index contributed by atoms with van der Waals surface area (Å²) in [5.41, 5.74) is 8.95. The van der Waals surface area contributed by atoms with Gasteiger partial charge in [-0.3, -0.25) is 0 Å². The maximum atomic E-state index is 6.12. The fraction of sp³-hybridized carbons (Fsp3) is 0.600. The Balaban J connectivity index is 1.80. The SMILES string of the molecule is Cc1ccccc1N1CC2CC(N)CC(C2)C1. The molecule has 1 aliphatic carbocycles. The summed E-state index contributed by atoms with van der Waals surface area (Å²) in [7, 11) is 0. The van der Waals surface area contributed by atoms with E-state index in [0.717, 1.165) is 11.8 Å². The van der Waals surface area contributed by atoms with Crippen LogP contribution in [0.1, 0.15) is 24.8 Å². The van der Waals surface area contributed by atoms with Crippen LogP contribution >= 0.6 is 0 Å². The van der Waals surface area contributed by atoms with Crippen LogP contribution in [-0.2, 0) is 0 Å². The first-order valence-electron chi connectivity index (χ1n) is 6.78. The molecule has 1 aromatic rings. The predicted molar refractivity (Wildman–Crippen MR) is 72.2 cm³/mol. The van der Waals surface area contributed by atoms with E-state index in [2.05, 4.69) is 36.1 Å². The van der Waals surface area contributed by atoms with Gasteiger partial charge in [0.1, 0.15) is 0 Å². The molecule has 0 spiro atoms. The molecule has 2 bridgehead atoms. The second kappa shape index (κ2) is 4.34. The minimum absolute atomic E-state index is 0.456. The Morgan fingerprint density at radius 3 is 2.35 bits per heavy atom. The summed E-state index contributed by atoms with van der Waals surface area (Å²) >= 11 is 0. The third kappa shape index (κ3) is 2.19. The maximum Gasteiger partial charge on any atom is 0.0396 e. The first kappa shape index (κ1) is 11.1. The second-order valence-electron chi connectivity index (χ2n) is 5.89. The Kier molecular flexibility index (Phi) is 2.83. The number of nitrogens with two attached hydrogens (primary N) is 1. The summed E-state index contributed by atoms with van der Waals surface area (Å²) in [5, 5.41) is 0. The molecule has 3 rings (SSSR count). The number of para-hydroxylation sites is 1. The maximum absolute atomic E-state index is 6.12. The Morgan fingerprint density at radius 2 is 1.71 bits per heavy atom. The van der Waals surface area contributed by atoms with Crippen LogP contribution in [-0.4, -0.2) is 19.1 Å². The molecule has 2 nitrogen and oxygen atoms in total. The van der Waals surface area contributed by atoms with Gasteiger partial charge in [-0.1, -0.05) is 18.2 Å². The number of piperidine rings is 1. The lowest BCUT2D eigenvalue weighted by Gasteiger charge is -2.44. The van der Waals surface area contributed by atoms with Gasteiger partial charge >= 0.3 is 0 Å². The molecule has 0 amide bonds. The van der Waals surface area contributed by atoms with Crippen molar-refractivity contribution in [2.24, 2.45) is 17.6 Å². The molecule has 0 aromatic heterocycles. The molecule has 1 aliphatic heterocycles. The van der Waals surface area contributed by atoms with E-state index in [9.17, 15) is 0 Å². The summed E-state index contributed by atoms with van der Waals surface area (Å²) in [5.74, 6) is 1.63. The molecule has 2 unspecified atom stereocenters. The average molecular weight is 230 g/mol. The van der Waals surface area contributed by atoms with E-state index in [1.807, 2.05) is 0 Å². The Morgan fingerprint density at radius 1 is 1.06 bits per heavy atom. The summed E-state index contributed by atoms with van der Waals surface area (Å²) in [6.07, 6.45) is 3.84. The van der Waals surface area contributed by atoms with Gasteiger partial charge in [0.15, 0.2) is 0 Å². The number of hydrogen-bond donors (Lipinski definition) is 1. The van der Waals surface area contributed by atoms with E-state index < -0.39 is 0 Å². The third-order valence-corrected chi connectivity index (χ3v) is 4.35. The normalized spacial score (nSPS) is 32.6. The topological polar surface area (TPSA) is 29.3 Å². The highest BCUT2D eigenvalue weighted by Crippen LogP contribution is 2.36. The number of nitrogens with zero attached hydrogens (tertiary/aromatic N) is 1. The molecular formula is C15H22N2. The number of hydrogen-bond acceptors (Lipinski definition) is 2. The van der Waals surface area contributed by atoms with Gasteiger partial charge in [0.2, 0.25) is 0 Å². The lowest BCUT2D eigenvalue weighted by Crippen LogP contribution is -2.48. The van der Waals surface area contributed by atoms with Crippen LogP contribution in [0.25, 0.3) is 0 Å². The van der Waals surface area contributed by atoms with Gasteiger partial charge in [0.25, 0.3) is 0 Å². The quantitative estimate of drug-likeness (QED) is 0.803. The van der Waals surface area contributed by atoms with Crippen molar-refractivity contribution in [2.75, 3.05) is 18.0 Å². The van der Waals surface area contributed by atoms with Crippen molar-refractivity contribution in [3.8, 4) is 0 Å². The largest absolute Gasteiger partial charge is 0.371 e. The lowest BCUT2D eigenvalue weighted by molar-refractivity contribution is 0.208. The molecule has 0 radical (unpaired) electrons. The Labute approximate surface area is 104 Å². The van der Waals surface area contributed by atoms with Crippen molar-refractivity contribution in [1.29, 1.82) is 0 Å². The number of fused-ring (bicyclic) bond motifs is 2. The van der Waals surface area contributed by atoms with Gasteiger partial charge in [-0.25, -0.2) is 0 Å². The molecular weight excluding hydrogens is 208 g/mol. The van der Waals surface area contributed by atoms with Crippen LogP contribution in [0.2, 0.25) is 0 Å². The minimum atomic E-state index is 0.456. The Bertz CT molecular complexity index is 384. The van der Waals surface area contributed by atoms with Crippen molar-refractivity contribution >= 4 is 5.69 Å². The van der Waals surface area contributed by atoms with Crippen molar-refractivity contribution in [2.45, 2.75) is 32.2 Å². The molecule has 17 heavy (non-hydrogen) atoms. The monoisotopic (exact) mass is 230 g/mol. The average Bonchev–Trinajstić information content (AvgIpc) is 2.27. The van der Waals surface area contributed by atoms with Crippen LogP contribution in [0.15, 0.2) is 24.3 Å². The zero-order valence-corrected chi connectivity index (χ0v) is 10.6. The first-order valence-corrected chi connectivity index (χ1v) is 6.78. The van der Waals surface area contributed by atoms with E-state index >= 15 is 0 Å². The highest BCUT2D eigenvalue weighted by molar-refractivity contribution is 5.53. The molecule has 92 valence electrons. The van der Waals surface area contributed by atoms with Crippen molar-refractivity contribution in [3.63, 3.8) is 0 Å². The Hall–Kier alpha value is -1.02. The van der Waals surface area contributed by atoms with Gasteiger partial charge in [-0.15, -0.1) is 0 Å². The van der Waals surface area contributed by atoms with Crippen molar-refractivity contribution in [1.82, 2.24) is 0 Å². The summed E-state index contributed by atoms with van der Waals surface area (Å²) in [4.78, 5) is 2.58. The zero-order valence-electron chi connectivity index (χ0n) is 10.6. The van der Waals surface area contributed by atoms with E-state index in [-0.39, 0.29) is 0 Å². The lowest BCUT2D eigenvalue weighted by atomic mass is 9.75. The highest BCUT2D eigenvalue weighted by Gasteiger charge is 2.34. The van der Waals surface area contributed by atoms with Gasteiger partial charge in [-0.05, 0) is 49.7 Å². The van der Waals surface area contributed by atoms with Crippen LogP contribution in [0.4, 0.5) is 5.69 Å². The standard InChI is InChI=1S/C15H22N2/c1-11-4-2-3-5-15(11)17-9-12-6-13(10-17)8-14(16)7-12/h2-5,12-14H,6-10,16H2,1H3. The van der Waals surface area contributed by atoms with E-state index in [1.165, 1.54) is 43.6 Å². The van der Waals surface area contributed by atoms with E-state index in [4.69, 9.17) is 5.73 Å². The van der Waals surface area contributed by atoms with Crippen LogP contribution < -0.4 is 10.6 Å².